The van der Waals surface area contributed by atoms with E-state index in [-0.39, 0.29) is 11.5 Å². The minimum atomic E-state index is -0.227. The Bertz CT molecular complexity index is 399. The smallest absolute Gasteiger partial charge is 0.252 e. The maximum absolute atomic E-state index is 11.8. The van der Waals surface area contributed by atoms with Gasteiger partial charge in [-0.3, -0.25) is 4.79 Å². The van der Waals surface area contributed by atoms with Gasteiger partial charge in [-0.05, 0) is 31.9 Å². The molecule has 17 heavy (non-hydrogen) atoms. The lowest BCUT2D eigenvalue weighted by Crippen LogP contribution is -2.40. The fourth-order valence-corrected chi connectivity index (χ4v) is 1.97. The molecule has 1 unspecified atom stereocenters. The Morgan fingerprint density at radius 3 is 3.06 bits per heavy atom. The molecule has 0 aromatic carbocycles. The molecule has 2 rings (SSSR count). The van der Waals surface area contributed by atoms with Crippen LogP contribution < -0.4 is 5.32 Å². The maximum atomic E-state index is 11.8. The third-order valence-electron chi connectivity index (χ3n) is 2.91. The Labute approximate surface area is 105 Å². The second-order valence-corrected chi connectivity index (χ2v) is 4.84. The summed E-state index contributed by atoms with van der Waals surface area (Å²) >= 11 is 5.66. The molecule has 1 amide bonds. The van der Waals surface area contributed by atoms with Crippen LogP contribution in [-0.2, 0) is 4.74 Å². The van der Waals surface area contributed by atoms with Crippen LogP contribution in [0.25, 0.3) is 0 Å². The number of carbonyl (C=O) groups is 1. The summed E-state index contributed by atoms with van der Waals surface area (Å²) in [4.78, 5) is 15.7. The summed E-state index contributed by atoms with van der Waals surface area (Å²) in [6, 6.07) is 3.26. The SMILES string of the molecule is CC1(CNC(=O)c2ccc(Cl)nc2)CCCO1. The summed E-state index contributed by atoms with van der Waals surface area (Å²) in [6.45, 7) is 3.31. The van der Waals surface area contributed by atoms with Crippen LogP contribution in [0.15, 0.2) is 18.3 Å². The van der Waals surface area contributed by atoms with Crippen molar-refractivity contribution < 1.29 is 9.53 Å². The second-order valence-electron chi connectivity index (χ2n) is 4.45. The van der Waals surface area contributed by atoms with Gasteiger partial charge in [0, 0.05) is 19.3 Å². The highest BCUT2D eigenvalue weighted by atomic mass is 35.5. The van der Waals surface area contributed by atoms with Gasteiger partial charge in [0.2, 0.25) is 0 Å². The summed E-state index contributed by atoms with van der Waals surface area (Å²) in [7, 11) is 0. The van der Waals surface area contributed by atoms with E-state index in [1.807, 2.05) is 6.92 Å². The molecule has 0 saturated carbocycles. The predicted molar refractivity (Wildman–Crippen MR) is 65.2 cm³/mol. The van der Waals surface area contributed by atoms with E-state index in [1.165, 1.54) is 6.20 Å². The number of hydrogen-bond acceptors (Lipinski definition) is 3. The van der Waals surface area contributed by atoms with E-state index in [9.17, 15) is 4.79 Å². The first-order valence-electron chi connectivity index (χ1n) is 5.63. The normalized spacial score (nSPS) is 23.6. The van der Waals surface area contributed by atoms with E-state index in [4.69, 9.17) is 16.3 Å². The summed E-state index contributed by atoms with van der Waals surface area (Å²) in [6.07, 6.45) is 3.50. The van der Waals surface area contributed by atoms with Crippen molar-refractivity contribution in [2.24, 2.45) is 0 Å². The van der Waals surface area contributed by atoms with Gasteiger partial charge in [0.1, 0.15) is 5.15 Å². The number of ether oxygens (including phenoxy) is 1. The highest BCUT2D eigenvalue weighted by Crippen LogP contribution is 2.23. The maximum Gasteiger partial charge on any atom is 0.252 e. The number of aromatic nitrogens is 1. The van der Waals surface area contributed by atoms with E-state index < -0.39 is 0 Å². The van der Waals surface area contributed by atoms with E-state index in [1.54, 1.807) is 12.1 Å². The van der Waals surface area contributed by atoms with Crippen LogP contribution in [-0.4, -0.2) is 29.6 Å². The van der Waals surface area contributed by atoms with Gasteiger partial charge in [-0.2, -0.15) is 0 Å². The quantitative estimate of drug-likeness (QED) is 0.840. The fourth-order valence-electron chi connectivity index (χ4n) is 1.86. The van der Waals surface area contributed by atoms with Crippen molar-refractivity contribution in [1.82, 2.24) is 10.3 Å². The van der Waals surface area contributed by atoms with Gasteiger partial charge in [-0.25, -0.2) is 4.98 Å². The number of hydrogen-bond donors (Lipinski definition) is 1. The van der Waals surface area contributed by atoms with Gasteiger partial charge < -0.3 is 10.1 Å². The lowest BCUT2D eigenvalue weighted by molar-refractivity contribution is 0.0206. The van der Waals surface area contributed by atoms with Crippen LogP contribution in [0, 0.1) is 0 Å². The van der Waals surface area contributed by atoms with Crippen molar-refractivity contribution in [3.8, 4) is 0 Å². The van der Waals surface area contributed by atoms with Crippen LogP contribution >= 0.6 is 11.6 Å². The monoisotopic (exact) mass is 254 g/mol. The molecule has 1 N–H and O–H groups in total. The molecule has 4 nitrogen and oxygen atoms in total. The van der Waals surface area contributed by atoms with Gasteiger partial charge in [-0.15, -0.1) is 0 Å². The first-order valence-corrected chi connectivity index (χ1v) is 6.01. The molecule has 92 valence electrons. The zero-order valence-corrected chi connectivity index (χ0v) is 10.5. The van der Waals surface area contributed by atoms with Gasteiger partial charge in [0.15, 0.2) is 0 Å². The van der Waals surface area contributed by atoms with E-state index in [0.29, 0.717) is 17.3 Å². The second kappa shape index (κ2) is 5.02. The Morgan fingerprint density at radius 1 is 1.65 bits per heavy atom. The number of pyridine rings is 1. The number of amides is 1. The Hall–Kier alpha value is -1.13. The predicted octanol–water partition coefficient (Wildman–Crippen LogP) is 2.03. The molecule has 1 aliphatic heterocycles. The van der Waals surface area contributed by atoms with Crippen LogP contribution in [0.4, 0.5) is 0 Å². The van der Waals surface area contributed by atoms with Gasteiger partial charge in [0.05, 0.1) is 11.2 Å². The third kappa shape index (κ3) is 3.17. The minimum absolute atomic E-state index is 0.147. The molecule has 0 spiro atoms. The summed E-state index contributed by atoms with van der Waals surface area (Å²) < 4.78 is 5.59. The molecule has 2 heterocycles. The molecule has 0 aliphatic carbocycles. The van der Waals surface area contributed by atoms with E-state index >= 15 is 0 Å². The molecule has 1 atom stereocenters. The summed E-state index contributed by atoms with van der Waals surface area (Å²) in [5, 5.41) is 3.24. The highest BCUT2D eigenvalue weighted by Gasteiger charge is 2.30. The van der Waals surface area contributed by atoms with Gasteiger partial charge in [-0.1, -0.05) is 11.6 Å². The number of nitrogens with one attached hydrogen (secondary N) is 1. The number of nitrogens with zero attached hydrogens (tertiary/aromatic N) is 1. The molecule has 1 saturated heterocycles. The zero-order chi connectivity index (χ0) is 12.3. The first-order chi connectivity index (χ1) is 8.09. The largest absolute Gasteiger partial charge is 0.373 e. The number of carbonyl (C=O) groups excluding carboxylic acids is 1. The van der Waals surface area contributed by atoms with Crippen molar-refractivity contribution in [3.63, 3.8) is 0 Å². The van der Waals surface area contributed by atoms with Crippen molar-refractivity contribution in [2.75, 3.05) is 13.2 Å². The molecule has 1 aliphatic rings. The van der Waals surface area contributed by atoms with Crippen LogP contribution in [0.3, 0.4) is 0 Å². The molecule has 1 aromatic heterocycles. The van der Waals surface area contributed by atoms with Crippen molar-refractivity contribution >= 4 is 17.5 Å². The standard InChI is InChI=1S/C12H15ClN2O2/c1-12(5-2-6-17-12)8-15-11(16)9-3-4-10(13)14-7-9/h3-4,7H,2,5-6,8H2,1H3,(H,15,16). The van der Waals surface area contributed by atoms with Crippen molar-refractivity contribution in [1.29, 1.82) is 0 Å². The van der Waals surface area contributed by atoms with Crippen LogP contribution in [0.2, 0.25) is 5.15 Å². The molecule has 0 radical (unpaired) electrons. The van der Waals surface area contributed by atoms with E-state index in [2.05, 4.69) is 10.3 Å². The van der Waals surface area contributed by atoms with Crippen molar-refractivity contribution in [2.45, 2.75) is 25.4 Å². The average molecular weight is 255 g/mol. The zero-order valence-electron chi connectivity index (χ0n) is 9.70. The molecule has 0 bridgehead atoms. The highest BCUT2D eigenvalue weighted by molar-refractivity contribution is 6.29. The Balaban J connectivity index is 1.91. The number of halogens is 1. The lowest BCUT2D eigenvalue weighted by Gasteiger charge is -2.23. The molecular formula is C12H15ClN2O2. The molecule has 1 aromatic rings. The number of rotatable bonds is 3. The third-order valence-corrected chi connectivity index (χ3v) is 3.14. The Kier molecular flexibility index (Phi) is 3.64. The molecule has 1 fully saturated rings. The van der Waals surface area contributed by atoms with Gasteiger partial charge in [0.25, 0.3) is 5.91 Å². The minimum Gasteiger partial charge on any atom is -0.373 e. The first kappa shape index (κ1) is 12.3. The van der Waals surface area contributed by atoms with Crippen LogP contribution in [0.5, 0.6) is 0 Å². The lowest BCUT2D eigenvalue weighted by atomic mass is 10.0. The average Bonchev–Trinajstić information content (AvgIpc) is 2.75. The van der Waals surface area contributed by atoms with Crippen LogP contribution in [0.1, 0.15) is 30.1 Å². The fraction of sp³-hybridized carbons (Fsp3) is 0.500. The summed E-state index contributed by atoms with van der Waals surface area (Å²) in [5.41, 5.74) is 0.284. The Morgan fingerprint density at radius 2 is 2.47 bits per heavy atom. The molecule has 5 heteroatoms. The van der Waals surface area contributed by atoms with Crippen molar-refractivity contribution in [3.05, 3.63) is 29.0 Å². The van der Waals surface area contributed by atoms with Gasteiger partial charge >= 0.3 is 0 Å². The topological polar surface area (TPSA) is 51.2 Å². The van der Waals surface area contributed by atoms with E-state index in [0.717, 1.165) is 19.4 Å². The molecular weight excluding hydrogens is 240 g/mol. The summed E-state index contributed by atoms with van der Waals surface area (Å²) in [5.74, 6) is -0.147.